The molecule has 0 aromatic rings. The van der Waals surface area contributed by atoms with Crippen molar-refractivity contribution in [1.29, 1.82) is 0 Å². The molecule has 8 heteroatoms. The lowest BCUT2D eigenvalue weighted by Crippen LogP contribution is -2.39. The quantitative estimate of drug-likeness (QED) is 0.109. The van der Waals surface area contributed by atoms with Gasteiger partial charge in [0.1, 0.15) is 0 Å². The lowest BCUT2D eigenvalue weighted by atomic mass is 10.2. The van der Waals surface area contributed by atoms with Crippen LogP contribution in [-0.4, -0.2) is 50.3 Å². The van der Waals surface area contributed by atoms with Crippen LogP contribution in [0.4, 0.5) is 0 Å². The molecule has 0 rings (SSSR count). The number of hydrogen-bond acceptors (Lipinski definition) is 8. The molecule has 0 atom stereocenters. The number of esters is 2. The van der Waals surface area contributed by atoms with Crippen molar-refractivity contribution < 1.29 is 38.0 Å². The van der Waals surface area contributed by atoms with E-state index in [4.69, 9.17) is 28.4 Å². The van der Waals surface area contributed by atoms with Crippen molar-refractivity contribution in [3.8, 4) is 0 Å². The van der Waals surface area contributed by atoms with Crippen LogP contribution in [0.3, 0.4) is 0 Å². The molecule has 0 aliphatic heterocycles. The second-order valence-electron chi connectivity index (χ2n) is 8.33. The van der Waals surface area contributed by atoms with Gasteiger partial charge < -0.3 is 28.4 Å². The fourth-order valence-electron chi connectivity index (χ4n) is 2.70. The predicted octanol–water partition coefficient (Wildman–Crippen LogP) is 5.86. The number of unbranched alkanes of at least 4 members (excludes halogenated alkanes) is 4. The molecule has 0 radical (unpaired) electrons. The van der Waals surface area contributed by atoms with Gasteiger partial charge in [-0.3, -0.25) is 9.59 Å². The number of ether oxygens (including phenoxy) is 6. The maximum atomic E-state index is 12.4. The summed E-state index contributed by atoms with van der Waals surface area (Å²) in [4.78, 5) is 24.7. The first-order valence-corrected chi connectivity index (χ1v) is 12.7. The molecular formula is C25H48O8. The van der Waals surface area contributed by atoms with E-state index in [1.165, 1.54) is 0 Å². The standard InChI is InChI=1S/C25H48O8/c1-7-11-18-28-24(5,29-19-12-8-2)32-22(26)16-15-17-23(27)33-25(6,30-20-13-9-3)31-21-14-10-4/h7-21H2,1-6H3. The zero-order valence-electron chi connectivity index (χ0n) is 21.9. The zero-order chi connectivity index (χ0) is 25.0. The first-order valence-electron chi connectivity index (χ1n) is 12.7. The molecule has 0 aromatic heterocycles. The first-order chi connectivity index (χ1) is 15.7. The Bertz CT molecular complexity index is 445. The Labute approximate surface area is 201 Å². The smallest absolute Gasteiger partial charge is 0.326 e. The van der Waals surface area contributed by atoms with Gasteiger partial charge in [0.2, 0.25) is 0 Å². The van der Waals surface area contributed by atoms with Crippen LogP contribution in [0.5, 0.6) is 0 Å². The van der Waals surface area contributed by atoms with E-state index in [2.05, 4.69) is 27.7 Å². The fourth-order valence-corrected chi connectivity index (χ4v) is 2.70. The highest BCUT2D eigenvalue weighted by atomic mass is 16.9. The van der Waals surface area contributed by atoms with Gasteiger partial charge in [-0.15, -0.1) is 0 Å². The second kappa shape index (κ2) is 19.1. The van der Waals surface area contributed by atoms with Crippen LogP contribution >= 0.6 is 0 Å². The summed E-state index contributed by atoms with van der Waals surface area (Å²) in [7, 11) is 0. The Morgan fingerprint density at radius 1 is 0.515 bits per heavy atom. The monoisotopic (exact) mass is 476 g/mol. The summed E-state index contributed by atoms with van der Waals surface area (Å²) in [6.45, 7) is 13.2. The van der Waals surface area contributed by atoms with Gasteiger partial charge in [0.05, 0.1) is 26.4 Å². The van der Waals surface area contributed by atoms with Gasteiger partial charge in [-0.2, -0.15) is 0 Å². The lowest BCUT2D eigenvalue weighted by Gasteiger charge is -2.29. The van der Waals surface area contributed by atoms with Crippen LogP contribution < -0.4 is 0 Å². The molecule has 0 N–H and O–H groups in total. The molecule has 196 valence electrons. The minimum atomic E-state index is -1.42. The van der Waals surface area contributed by atoms with Crippen molar-refractivity contribution in [2.75, 3.05) is 26.4 Å². The average molecular weight is 477 g/mol. The van der Waals surface area contributed by atoms with Gasteiger partial charge in [0.25, 0.3) is 0 Å². The number of hydrogen-bond donors (Lipinski definition) is 0. The van der Waals surface area contributed by atoms with E-state index >= 15 is 0 Å². The minimum absolute atomic E-state index is 0.0447. The first kappa shape index (κ1) is 31.8. The van der Waals surface area contributed by atoms with E-state index in [0.29, 0.717) is 26.4 Å². The summed E-state index contributed by atoms with van der Waals surface area (Å²) in [5.74, 6) is -3.81. The lowest BCUT2D eigenvalue weighted by molar-refractivity contribution is -0.352. The normalized spacial score (nSPS) is 12.1. The van der Waals surface area contributed by atoms with E-state index in [1.807, 2.05) is 0 Å². The van der Waals surface area contributed by atoms with Crippen molar-refractivity contribution in [3.05, 3.63) is 0 Å². The maximum Gasteiger partial charge on any atom is 0.326 e. The Balaban J connectivity index is 4.59. The molecule has 0 fully saturated rings. The largest absolute Gasteiger partial charge is 0.408 e. The molecule has 0 aliphatic carbocycles. The molecule has 0 saturated heterocycles. The van der Waals surface area contributed by atoms with Gasteiger partial charge in [-0.1, -0.05) is 53.4 Å². The predicted molar refractivity (Wildman–Crippen MR) is 126 cm³/mol. The topological polar surface area (TPSA) is 89.5 Å². The summed E-state index contributed by atoms with van der Waals surface area (Å²) in [5.41, 5.74) is 0. The summed E-state index contributed by atoms with van der Waals surface area (Å²) >= 11 is 0. The van der Waals surface area contributed by atoms with Gasteiger partial charge in [-0.25, -0.2) is 0 Å². The Kier molecular flexibility index (Phi) is 18.4. The van der Waals surface area contributed by atoms with Crippen molar-refractivity contribution in [2.24, 2.45) is 0 Å². The number of carbonyl (C=O) groups is 2. The third kappa shape index (κ3) is 17.0. The van der Waals surface area contributed by atoms with E-state index in [9.17, 15) is 9.59 Å². The van der Waals surface area contributed by atoms with Gasteiger partial charge in [0.15, 0.2) is 0 Å². The molecule has 8 nitrogen and oxygen atoms in total. The molecule has 0 spiro atoms. The van der Waals surface area contributed by atoms with Gasteiger partial charge in [-0.05, 0) is 32.1 Å². The molecule has 0 aliphatic rings. The number of rotatable bonds is 22. The third-order valence-electron chi connectivity index (χ3n) is 4.81. The van der Waals surface area contributed by atoms with Crippen LogP contribution in [0.15, 0.2) is 0 Å². The van der Waals surface area contributed by atoms with E-state index < -0.39 is 23.9 Å². The van der Waals surface area contributed by atoms with E-state index in [1.54, 1.807) is 13.8 Å². The highest BCUT2D eigenvalue weighted by Gasteiger charge is 2.32. The SMILES string of the molecule is CCCCOC(C)(OCCCC)OC(=O)CCCC(=O)OC(C)(OCCCC)OCCCC. The van der Waals surface area contributed by atoms with Gasteiger partial charge >= 0.3 is 23.9 Å². The molecular weight excluding hydrogens is 428 g/mol. The van der Waals surface area contributed by atoms with E-state index in [-0.39, 0.29) is 19.3 Å². The van der Waals surface area contributed by atoms with Crippen LogP contribution in [0, 0.1) is 0 Å². The molecule has 0 bridgehead atoms. The highest BCUT2D eigenvalue weighted by molar-refractivity contribution is 5.72. The number of carbonyl (C=O) groups excluding carboxylic acids is 2. The summed E-state index contributed by atoms with van der Waals surface area (Å²) in [5, 5.41) is 0. The Morgan fingerprint density at radius 3 is 1.03 bits per heavy atom. The van der Waals surface area contributed by atoms with Crippen molar-refractivity contribution in [3.63, 3.8) is 0 Å². The molecule has 0 amide bonds. The van der Waals surface area contributed by atoms with E-state index in [0.717, 1.165) is 51.4 Å². The fraction of sp³-hybridized carbons (Fsp3) is 0.920. The second-order valence-corrected chi connectivity index (χ2v) is 8.33. The summed E-state index contributed by atoms with van der Waals surface area (Å²) in [6.07, 6.45) is 7.59. The molecule has 0 saturated carbocycles. The Hall–Kier alpha value is -1.22. The highest BCUT2D eigenvalue weighted by Crippen LogP contribution is 2.20. The summed E-state index contributed by atoms with van der Waals surface area (Å²) in [6, 6.07) is 0. The zero-order valence-corrected chi connectivity index (χ0v) is 21.9. The van der Waals surface area contributed by atoms with Crippen molar-refractivity contribution >= 4 is 11.9 Å². The van der Waals surface area contributed by atoms with Crippen LogP contribution in [0.25, 0.3) is 0 Å². The van der Waals surface area contributed by atoms with Crippen LogP contribution in [0.1, 0.15) is 112 Å². The Morgan fingerprint density at radius 2 is 0.788 bits per heavy atom. The maximum absolute atomic E-state index is 12.4. The molecule has 0 heterocycles. The van der Waals surface area contributed by atoms with Crippen molar-refractivity contribution in [2.45, 2.75) is 124 Å². The van der Waals surface area contributed by atoms with Crippen LogP contribution in [0.2, 0.25) is 0 Å². The van der Waals surface area contributed by atoms with Crippen LogP contribution in [-0.2, 0) is 38.0 Å². The summed E-state index contributed by atoms with van der Waals surface area (Å²) < 4.78 is 33.7. The molecule has 0 unspecified atom stereocenters. The van der Waals surface area contributed by atoms with Gasteiger partial charge in [0, 0.05) is 26.7 Å². The third-order valence-corrected chi connectivity index (χ3v) is 4.81. The molecule has 0 aromatic carbocycles. The molecule has 33 heavy (non-hydrogen) atoms. The average Bonchev–Trinajstić information content (AvgIpc) is 2.74. The van der Waals surface area contributed by atoms with Crippen molar-refractivity contribution in [1.82, 2.24) is 0 Å². The minimum Gasteiger partial charge on any atom is -0.408 e.